The van der Waals surface area contributed by atoms with Gasteiger partial charge < -0.3 is 19.7 Å². The van der Waals surface area contributed by atoms with Crippen LogP contribution in [-0.4, -0.2) is 33.8 Å². The largest absolute Gasteiger partial charge is 0.488 e. The van der Waals surface area contributed by atoms with E-state index in [0.717, 1.165) is 16.7 Å². The maximum Gasteiger partial charge on any atom is 0.323 e. The van der Waals surface area contributed by atoms with Crippen molar-refractivity contribution in [3.8, 4) is 28.7 Å². The van der Waals surface area contributed by atoms with Gasteiger partial charge in [0.25, 0.3) is 0 Å². The Morgan fingerprint density at radius 3 is 2.71 bits per heavy atom. The number of aliphatic hydroxyl groups excluding tert-OH is 1. The smallest absolute Gasteiger partial charge is 0.323 e. The van der Waals surface area contributed by atoms with Gasteiger partial charge in [-0.25, -0.2) is 4.39 Å². The third kappa shape index (κ3) is 6.37. The van der Waals surface area contributed by atoms with Crippen LogP contribution >= 0.6 is 11.6 Å². The second kappa shape index (κ2) is 13.0. The summed E-state index contributed by atoms with van der Waals surface area (Å²) >= 11 is 6.65. The number of nitrogens with zero attached hydrogens (tertiary/aromatic N) is 2. The molecule has 1 aliphatic carbocycles. The van der Waals surface area contributed by atoms with E-state index >= 15 is 0 Å². The van der Waals surface area contributed by atoms with Crippen LogP contribution in [0.15, 0.2) is 73.1 Å². The fourth-order valence-electron chi connectivity index (χ4n) is 5.01. The van der Waals surface area contributed by atoms with Crippen LogP contribution in [0.1, 0.15) is 40.3 Å². The van der Waals surface area contributed by atoms with Crippen molar-refractivity contribution in [3.63, 3.8) is 0 Å². The number of halogens is 2. The Labute approximate surface area is 246 Å². The zero-order valence-electron chi connectivity index (χ0n) is 22.4. The molecule has 0 spiro atoms. The Balaban J connectivity index is 1.43. The topological polar surface area (TPSA) is 125 Å². The third-order valence-electron chi connectivity index (χ3n) is 7.10. The van der Waals surface area contributed by atoms with Gasteiger partial charge in [-0.3, -0.25) is 15.1 Å². The van der Waals surface area contributed by atoms with Crippen molar-refractivity contribution in [2.45, 2.75) is 38.1 Å². The van der Waals surface area contributed by atoms with Crippen molar-refractivity contribution in [1.82, 2.24) is 10.3 Å². The predicted octanol–water partition coefficient (Wildman–Crippen LogP) is 5.59. The molecule has 2 atom stereocenters. The van der Waals surface area contributed by atoms with Crippen molar-refractivity contribution >= 4 is 17.6 Å². The number of benzene rings is 3. The molecular weight excluding hydrogens is 561 g/mol. The van der Waals surface area contributed by atoms with Gasteiger partial charge in [-0.2, -0.15) is 5.26 Å². The highest BCUT2D eigenvalue weighted by Crippen LogP contribution is 2.43. The summed E-state index contributed by atoms with van der Waals surface area (Å²) in [5, 5.41) is 31.0. The molecule has 0 bridgehead atoms. The van der Waals surface area contributed by atoms with Gasteiger partial charge in [0.05, 0.1) is 17.2 Å². The number of ether oxygens (including phenoxy) is 2. The number of aliphatic hydroxyl groups is 1. The number of carbonyl (C=O) groups is 1. The van der Waals surface area contributed by atoms with Gasteiger partial charge in [-0.1, -0.05) is 48.0 Å². The Hall–Kier alpha value is -4.49. The summed E-state index contributed by atoms with van der Waals surface area (Å²) in [6, 6.07) is 18.3. The molecule has 42 heavy (non-hydrogen) atoms. The summed E-state index contributed by atoms with van der Waals surface area (Å²) in [7, 11) is 0. The first kappa shape index (κ1) is 29.0. The molecular formula is C32H27ClFN3O5. The number of aliphatic carboxylic acids is 1. The van der Waals surface area contributed by atoms with Crippen LogP contribution in [-0.2, 0) is 24.4 Å². The number of hydrogen-bond donors (Lipinski definition) is 3. The molecule has 0 saturated heterocycles. The molecule has 3 N–H and O–H groups in total. The van der Waals surface area contributed by atoms with E-state index < -0.39 is 18.6 Å². The lowest BCUT2D eigenvalue weighted by Crippen LogP contribution is -2.39. The minimum atomic E-state index is -1.19. The average Bonchev–Trinajstić information content (AvgIpc) is 3.41. The van der Waals surface area contributed by atoms with Gasteiger partial charge in [-0.15, -0.1) is 0 Å². The number of rotatable bonds is 11. The first-order valence-electron chi connectivity index (χ1n) is 13.3. The Bertz CT molecular complexity index is 1660. The van der Waals surface area contributed by atoms with Crippen molar-refractivity contribution in [1.29, 1.82) is 5.26 Å². The van der Waals surface area contributed by atoms with Crippen LogP contribution in [0, 0.1) is 17.1 Å². The van der Waals surface area contributed by atoms with E-state index in [1.807, 2.05) is 30.3 Å². The maximum atomic E-state index is 14.6. The molecule has 0 amide bonds. The number of nitriles is 1. The van der Waals surface area contributed by atoms with Crippen LogP contribution in [0.2, 0.25) is 5.02 Å². The SMILES string of the molecule is N#Cc1cncc(COc2cc(O[C@H]3CCc4c(-c5ccccc5F)cccc43)c(Cl)cc2CNC(CO)C(=O)O)c1. The molecule has 1 heterocycles. The zero-order chi connectivity index (χ0) is 29.6. The van der Waals surface area contributed by atoms with Crippen LogP contribution in [0.3, 0.4) is 0 Å². The molecule has 10 heteroatoms. The number of nitrogens with one attached hydrogen (secondary N) is 1. The fourth-order valence-corrected chi connectivity index (χ4v) is 5.25. The molecule has 5 rings (SSSR count). The van der Waals surface area contributed by atoms with Gasteiger partial charge >= 0.3 is 5.97 Å². The lowest BCUT2D eigenvalue weighted by atomic mass is 9.96. The number of hydrogen-bond acceptors (Lipinski definition) is 7. The Kier molecular flexibility index (Phi) is 8.98. The minimum absolute atomic E-state index is 0.0433. The molecule has 4 aromatic rings. The fraction of sp³-hybridized carbons (Fsp3) is 0.219. The quantitative estimate of drug-likeness (QED) is 0.207. The highest BCUT2D eigenvalue weighted by Gasteiger charge is 2.28. The van der Waals surface area contributed by atoms with Gasteiger partial charge in [0.1, 0.15) is 42.1 Å². The number of aromatic nitrogens is 1. The first-order valence-corrected chi connectivity index (χ1v) is 13.7. The van der Waals surface area contributed by atoms with Crippen molar-refractivity contribution in [2.75, 3.05) is 6.61 Å². The second-order valence-corrected chi connectivity index (χ2v) is 10.2. The van der Waals surface area contributed by atoms with E-state index in [0.29, 0.717) is 51.6 Å². The van der Waals surface area contributed by atoms with Gasteiger partial charge in [-0.05, 0) is 47.7 Å². The summed E-state index contributed by atoms with van der Waals surface area (Å²) in [6.45, 7) is -0.470. The predicted molar refractivity (Wildman–Crippen MR) is 154 cm³/mol. The molecule has 1 aliphatic rings. The highest BCUT2D eigenvalue weighted by atomic mass is 35.5. The van der Waals surface area contributed by atoms with E-state index in [-0.39, 0.29) is 25.1 Å². The molecule has 0 radical (unpaired) electrons. The van der Waals surface area contributed by atoms with Crippen LogP contribution in [0.4, 0.5) is 4.39 Å². The summed E-state index contributed by atoms with van der Waals surface area (Å²) in [6.07, 6.45) is 4.07. The maximum absolute atomic E-state index is 14.6. The molecule has 214 valence electrons. The standard InChI is InChI=1S/C32H27ClFN3O5/c33-26-11-21(16-37-28(17-38)32(39)40)30(41-18-20-10-19(13-35)14-36-15-20)12-31(26)42-29-9-8-23-22(5-3-6-25(23)29)24-4-1-2-7-27(24)34/h1-7,10-12,14-15,28-29,37-38H,8-9,16-18H2,(H,39,40)/t28?,29-/m0/s1. The Morgan fingerprint density at radius 1 is 1.14 bits per heavy atom. The molecule has 8 nitrogen and oxygen atoms in total. The van der Waals surface area contributed by atoms with Crippen molar-refractivity contribution in [2.24, 2.45) is 0 Å². The lowest BCUT2D eigenvalue weighted by Gasteiger charge is -2.20. The zero-order valence-corrected chi connectivity index (χ0v) is 23.1. The third-order valence-corrected chi connectivity index (χ3v) is 7.40. The van der Waals surface area contributed by atoms with Crippen LogP contribution in [0.25, 0.3) is 11.1 Å². The van der Waals surface area contributed by atoms with Gasteiger partial charge in [0.15, 0.2) is 0 Å². The summed E-state index contributed by atoms with van der Waals surface area (Å²) in [5.74, 6) is -0.735. The Morgan fingerprint density at radius 2 is 1.95 bits per heavy atom. The lowest BCUT2D eigenvalue weighted by molar-refractivity contribution is -0.140. The van der Waals surface area contributed by atoms with E-state index in [4.69, 9.17) is 21.1 Å². The molecule has 0 saturated carbocycles. The summed E-state index contributed by atoms with van der Waals surface area (Å²) in [5.41, 5.74) is 4.94. The molecule has 0 fully saturated rings. The monoisotopic (exact) mass is 587 g/mol. The molecule has 1 unspecified atom stereocenters. The normalized spacial score (nSPS) is 14.6. The second-order valence-electron chi connectivity index (χ2n) is 9.83. The molecule has 0 aliphatic heterocycles. The van der Waals surface area contributed by atoms with Crippen molar-refractivity contribution < 1.29 is 28.9 Å². The average molecular weight is 588 g/mol. The summed E-state index contributed by atoms with van der Waals surface area (Å²) < 4.78 is 27.1. The van der Waals surface area contributed by atoms with E-state index in [9.17, 15) is 24.7 Å². The van der Waals surface area contributed by atoms with Crippen LogP contribution < -0.4 is 14.8 Å². The van der Waals surface area contributed by atoms with E-state index in [2.05, 4.69) is 10.3 Å². The number of fused-ring (bicyclic) bond motifs is 1. The first-order chi connectivity index (χ1) is 20.4. The van der Waals surface area contributed by atoms with E-state index in [1.54, 1.807) is 36.5 Å². The summed E-state index contributed by atoms with van der Waals surface area (Å²) in [4.78, 5) is 15.5. The highest BCUT2D eigenvalue weighted by molar-refractivity contribution is 6.32. The number of carboxylic acids is 1. The van der Waals surface area contributed by atoms with E-state index in [1.165, 1.54) is 12.3 Å². The molecule has 3 aromatic carbocycles. The number of pyridine rings is 1. The van der Waals surface area contributed by atoms with Crippen molar-refractivity contribution in [3.05, 3.63) is 112 Å². The molecule has 1 aromatic heterocycles. The minimum Gasteiger partial charge on any atom is -0.488 e. The van der Waals surface area contributed by atoms with Gasteiger partial charge in [0, 0.05) is 41.7 Å². The van der Waals surface area contributed by atoms with Gasteiger partial charge in [0.2, 0.25) is 0 Å². The van der Waals surface area contributed by atoms with Crippen LogP contribution in [0.5, 0.6) is 11.5 Å². The number of carboxylic acid groups (broad SMARTS) is 1.